The van der Waals surface area contributed by atoms with E-state index in [1.165, 1.54) is 17.4 Å². The summed E-state index contributed by atoms with van der Waals surface area (Å²) in [6.07, 6.45) is -0.686. The SMILES string of the molecule is C=C(C)C(=O)OC(C)(C)CC(C)(C)Oc1ccc2cc(-c3ccc(CCCCC)cc3OC(F)(F)F)sc2c1. The van der Waals surface area contributed by atoms with E-state index in [0.29, 0.717) is 34.6 Å². The number of hydrogen-bond donors (Lipinski definition) is 0. The summed E-state index contributed by atoms with van der Waals surface area (Å²) in [4.78, 5) is 12.7. The van der Waals surface area contributed by atoms with Gasteiger partial charge in [-0.25, -0.2) is 4.79 Å². The van der Waals surface area contributed by atoms with Crippen LogP contribution in [0.4, 0.5) is 13.2 Å². The first-order valence-electron chi connectivity index (χ1n) is 13.1. The topological polar surface area (TPSA) is 44.8 Å². The zero-order chi connectivity index (χ0) is 29.0. The average molecular weight is 563 g/mol. The van der Waals surface area contributed by atoms with Gasteiger partial charge in [-0.05, 0) is 94.8 Å². The summed E-state index contributed by atoms with van der Waals surface area (Å²) in [7, 11) is 0. The summed E-state index contributed by atoms with van der Waals surface area (Å²) >= 11 is 1.38. The van der Waals surface area contributed by atoms with Crippen LogP contribution in [-0.4, -0.2) is 23.5 Å². The van der Waals surface area contributed by atoms with Gasteiger partial charge in [-0.15, -0.1) is 24.5 Å². The van der Waals surface area contributed by atoms with Crippen LogP contribution in [0.5, 0.6) is 11.5 Å². The van der Waals surface area contributed by atoms with Gasteiger partial charge in [-0.1, -0.05) is 32.4 Å². The van der Waals surface area contributed by atoms with Gasteiger partial charge in [-0.2, -0.15) is 0 Å². The first-order chi connectivity index (χ1) is 18.1. The Hall–Kier alpha value is -3.00. The molecule has 0 fully saturated rings. The molecular formula is C31H37F3O4S. The highest BCUT2D eigenvalue weighted by Gasteiger charge is 2.34. The number of halogens is 3. The van der Waals surface area contributed by atoms with Crippen molar-refractivity contribution in [3.05, 3.63) is 60.2 Å². The van der Waals surface area contributed by atoms with E-state index >= 15 is 0 Å². The van der Waals surface area contributed by atoms with Gasteiger partial charge in [0.2, 0.25) is 0 Å². The van der Waals surface area contributed by atoms with E-state index in [9.17, 15) is 18.0 Å². The number of aryl methyl sites for hydroxylation is 1. The van der Waals surface area contributed by atoms with Crippen molar-refractivity contribution in [3.63, 3.8) is 0 Å². The lowest BCUT2D eigenvalue weighted by Gasteiger charge is -2.35. The summed E-state index contributed by atoms with van der Waals surface area (Å²) in [6.45, 7) is 14.8. The fourth-order valence-electron chi connectivity index (χ4n) is 4.68. The Bertz CT molecular complexity index is 1320. The van der Waals surface area contributed by atoms with Crippen molar-refractivity contribution in [1.82, 2.24) is 0 Å². The molecule has 0 N–H and O–H groups in total. The minimum atomic E-state index is -4.79. The van der Waals surface area contributed by atoms with E-state index in [-0.39, 0.29) is 5.75 Å². The Morgan fingerprint density at radius 3 is 2.31 bits per heavy atom. The van der Waals surface area contributed by atoms with Crippen LogP contribution in [0.1, 0.15) is 72.8 Å². The summed E-state index contributed by atoms with van der Waals surface area (Å²) in [5.74, 6) is -0.0284. The van der Waals surface area contributed by atoms with E-state index < -0.39 is 23.5 Å². The molecule has 8 heteroatoms. The Labute approximate surface area is 232 Å². The van der Waals surface area contributed by atoms with Crippen LogP contribution in [-0.2, 0) is 16.0 Å². The maximum atomic E-state index is 13.2. The predicted octanol–water partition coefficient (Wildman–Crippen LogP) is 9.64. The zero-order valence-corrected chi connectivity index (χ0v) is 24.3. The van der Waals surface area contributed by atoms with Crippen LogP contribution < -0.4 is 9.47 Å². The lowest BCUT2D eigenvalue weighted by Crippen LogP contribution is -2.40. The third-order valence-electron chi connectivity index (χ3n) is 6.06. The number of thiophene rings is 1. The molecule has 1 aromatic heterocycles. The van der Waals surface area contributed by atoms with Crippen LogP contribution in [0, 0.1) is 0 Å². The third-order valence-corrected chi connectivity index (χ3v) is 7.19. The number of hydrogen-bond acceptors (Lipinski definition) is 5. The molecule has 0 aliphatic rings. The highest BCUT2D eigenvalue weighted by molar-refractivity contribution is 7.22. The molecule has 39 heavy (non-hydrogen) atoms. The van der Waals surface area contributed by atoms with Crippen LogP contribution >= 0.6 is 11.3 Å². The second-order valence-electron chi connectivity index (χ2n) is 11.1. The predicted molar refractivity (Wildman–Crippen MR) is 151 cm³/mol. The van der Waals surface area contributed by atoms with Gasteiger partial charge < -0.3 is 14.2 Å². The number of benzene rings is 2. The van der Waals surface area contributed by atoms with E-state index in [2.05, 4.69) is 18.2 Å². The molecule has 0 radical (unpaired) electrons. The Kier molecular flexibility index (Phi) is 9.42. The molecule has 0 bridgehead atoms. The van der Waals surface area contributed by atoms with E-state index in [4.69, 9.17) is 9.47 Å². The second-order valence-corrected chi connectivity index (χ2v) is 12.2. The third kappa shape index (κ3) is 9.02. The van der Waals surface area contributed by atoms with Crippen LogP contribution in [0.15, 0.2) is 54.6 Å². The second kappa shape index (κ2) is 12.0. The number of alkyl halides is 3. The number of unbranched alkanes of at least 4 members (excludes halogenated alkanes) is 2. The summed E-state index contributed by atoms with van der Waals surface area (Å²) in [5.41, 5.74) is 0.0975. The zero-order valence-electron chi connectivity index (χ0n) is 23.5. The molecule has 0 aliphatic heterocycles. The minimum absolute atomic E-state index is 0.188. The quantitative estimate of drug-likeness (QED) is 0.125. The van der Waals surface area contributed by atoms with Gasteiger partial charge in [0, 0.05) is 27.1 Å². The van der Waals surface area contributed by atoms with Crippen molar-refractivity contribution in [2.45, 2.75) is 91.2 Å². The Balaban J connectivity index is 1.85. The average Bonchev–Trinajstić information content (AvgIpc) is 3.19. The highest BCUT2D eigenvalue weighted by Crippen LogP contribution is 2.42. The molecule has 3 aromatic rings. The summed E-state index contributed by atoms with van der Waals surface area (Å²) in [5, 5.41) is 0.890. The first kappa shape index (κ1) is 30.5. The van der Waals surface area contributed by atoms with Crippen molar-refractivity contribution in [2.75, 3.05) is 0 Å². The molecule has 212 valence electrons. The highest BCUT2D eigenvalue weighted by atomic mass is 32.1. The maximum Gasteiger partial charge on any atom is 0.573 e. The molecule has 0 spiro atoms. The van der Waals surface area contributed by atoms with Crippen LogP contribution in [0.25, 0.3) is 20.5 Å². The lowest BCUT2D eigenvalue weighted by atomic mass is 9.92. The maximum absolute atomic E-state index is 13.2. The number of ether oxygens (including phenoxy) is 3. The monoisotopic (exact) mass is 562 g/mol. The summed E-state index contributed by atoms with van der Waals surface area (Å²) < 4.78 is 56.9. The molecule has 0 atom stereocenters. The Morgan fingerprint density at radius 1 is 0.949 bits per heavy atom. The normalized spacial score (nSPS) is 12.4. The van der Waals surface area contributed by atoms with Crippen molar-refractivity contribution < 1.29 is 32.2 Å². The van der Waals surface area contributed by atoms with Gasteiger partial charge in [0.15, 0.2) is 0 Å². The number of esters is 1. The van der Waals surface area contributed by atoms with Gasteiger partial charge in [0.25, 0.3) is 0 Å². The van der Waals surface area contributed by atoms with E-state index in [1.807, 2.05) is 58.0 Å². The van der Waals surface area contributed by atoms with Gasteiger partial charge >= 0.3 is 12.3 Å². The van der Waals surface area contributed by atoms with Crippen LogP contribution in [0.3, 0.4) is 0 Å². The fourth-order valence-corrected chi connectivity index (χ4v) is 5.80. The van der Waals surface area contributed by atoms with Crippen molar-refractivity contribution in [1.29, 1.82) is 0 Å². The van der Waals surface area contributed by atoms with E-state index in [0.717, 1.165) is 34.9 Å². The van der Waals surface area contributed by atoms with Gasteiger partial charge in [-0.3, -0.25) is 0 Å². The smallest absolute Gasteiger partial charge is 0.488 e. The summed E-state index contributed by atoms with van der Waals surface area (Å²) in [6, 6.07) is 12.5. The molecule has 2 aromatic carbocycles. The minimum Gasteiger partial charge on any atom is -0.488 e. The van der Waals surface area contributed by atoms with Crippen molar-refractivity contribution >= 4 is 27.4 Å². The van der Waals surface area contributed by atoms with Crippen LogP contribution in [0.2, 0.25) is 0 Å². The molecule has 0 unspecified atom stereocenters. The number of rotatable bonds is 12. The molecular weight excluding hydrogens is 525 g/mol. The largest absolute Gasteiger partial charge is 0.573 e. The molecule has 3 rings (SSSR count). The molecule has 0 amide bonds. The van der Waals surface area contributed by atoms with Gasteiger partial charge in [0.1, 0.15) is 22.7 Å². The first-order valence-corrected chi connectivity index (χ1v) is 13.9. The molecule has 0 saturated carbocycles. The van der Waals surface area contributed by atoms with Gasteiger partial charge in [0.05, 0.1) is 0 Å². The number of fused-ring (bicyclic) bond motifs is 1. The molecule has 4 nitrogen and oxygen atoms in total. The Morgan fingerprint density at radius 2 is 1.67 bits per heavy atom. The van der Waals surface area contributed by atoms with Crippen molar-refractivity contribution in [2.24, 2.45) is 0 Å². The number of carbonyl (C=O) groups excluding carboxylic acids is 1. The standard InChI is InChI=1S/C31H37F3O4S/c1-8-9-10-11-21-12-15-24(25(16-21)37-31(32,33)34)27-17-22-13-14-23(18-26(22)39-27)36-29(4,5)19-30(6,7)38-28(35)20(2)3/h12-18H,2,8-11,19H2,1,3-7H3. The number of carbonyl (C=O) groups is 1. The molecule has 0 aliphatic carbocycles. The van der Waals surface area contributed by atoms with Crippen molar-refractivity contribution in [3.8, 4) is 21.9 Å². The lowest BCUT2D eigenvalue weighted by molar-refractivity contribution is -0.274. The molecule has 1 heterocycles. The van der Waals surface area contributed by atoms with E-state index in [1.54, 1.807) is 13.0 Å². The molecule has 0 saturated heterocycles. The fraction of sp³-hybridized carbons (Fsp3) is 0.452.